The molecule has 1 heterocycles. The van der Waals surface area contributed by atoms with E-state index in [2.05, 4.69) is 4.98 Å². The summed E-state index contributed by atoms with van der Waals surface area (Å²) in [5.74, 6) is -0.413. The zero-order valence-electron chi connectivity index (χ0n) is 19.6. The predicted molar refractivity (Wildman–Crippen MR) is 120 cm³/mol. The maximum Gasteiger partial charge on any atom is 0.416 e. The van der Waals surface area contributed by atoms with Gasteiger partial charge in [-0.15, -0.1) is 0 Å². The minimum atomic E-state index is -4.55. The lowest BCUT2D eigenvalue weighted by Crippen LogP contribution is -2.33. The number of rotatable bonds is 9. The van der Waals surface area contributed by atoms with Crippen molar-refractivity contribution < 1.29 is 36.2 Å². The second-order valence-corrected chi connectivity index (χ2v) is 9.35. The number of aryl methyl sites for hydroxylation is 1. The minimum Gasteiger partial charge on any atom is -0.390 e. The molecular formula is C25H28F6N2O3. The average molecular weight is 518 g/mol. The maximum atomic E-state index is 12.9. The Hall–Kier alpha value is -2.69. The van der Waals surface area contributed by atoms with E-state index >= 15 is 0 Å². The quantitative estimate of drug-likeness (QED) is 0.422. The fourth-order valence-electron chi connectivity index (χ4n) is 4.43. The maximum absolute atomic E-state index is 12.9. The summed E-state index contributed by atoms with van der Waals surface area (Å²) in [6.07, 6.45) is -6.54. The summed E-state index contributed by atoms with van der Waals surface area (Å²) in [6.45, 7) is -0.406. The van der Waals surface area contributed by atoms with Crippen molar-refractivity contribution in [1.29, 1.82) is 0 Å². The van der Waals surface area contributed by atoms with Crippen LogP contribution in [0.1, 0.15) is 69.2 Å². The SMILES string of the molecule is O=C(CCC1(O)CCCCC1)Cn1c(CCCC(F)(F)F)nc(-c2ccc(C(F)(F)F)cc2)cc1=O. The first kappa shape index (κ1) is 27.9. The van der Waals surface area contributed by atoms with Gasteiger partial charge in [-0.1, -0.05) is 31.4 Å². The van der Waals surface area contributed by atoms with Crippen LogP contribution < -0.4 is 5.56 Å². The van der Waals surface area contributed by atoms with Crippen LogP contribution in [-0.2, 0) is 23.9 Å². The fourth-order valence-corrected chi connectivity index (χ4v) is 4.43. The topological polar surface area (TPSA) is 72.2 Å². The Morgan fingerprint density at radius 3 is 2.25 bits per heavy atom. The highest BCUT2D eigenvalue weighted by Gasteiger charge is 2.31. The molecule has 0 atom stereocenters. The molecule has 36 heavy (non-hydrogen) atoms. The number of hydrogen-bond donors (Lipinski definition) is 1. The monoisotopic (exact) mass is 518 g/mol. The summed E-state index contributed by atoms with van der Waals surface area (Å²) >= 11 is 0. The molecule has 198 valence electrons. The van der Waals surface area contributed by atoms with Crippen molar-refractivity contribution in [3.8, 4) is 11.3 Å². The predicted octanol–water partition coefficient (Wildman–Crippen LogP) is 5.86. The lowest BCUT2D eigenvalue weighted by atomic mass is 9.81. The van der Waals surface area contributed by atoms with Crippen LogP contribution in [-0.4, -0.2) is 32.2 Å². The summed E-state index contributed by atoms with van der Waals surface area (Å²) in [6, 6.07) is 4.96. The second-order valence-electron chi connectivity index (χ2n) is 9.35. The molecule has 0 bridgehead atoms. The molecule has 1 aromatic carbocycles. The van der Waals surface area contributed by atoms with Gasteiger partial charge in [-0.05, 0) is 37.8 Å². The molecule has 1 saturated carbocycles. The molecule has 0 amide bonds. The lowest BCUT2D eigenvalue weighted by molar-refractivity contribution is -0.137. The summed E-state index contributed by atoms with van der Waals surface area (Å²) in [7, 11) is 0. The largest absolute Gasteiger partial charge is 0.416 e. The molecule has 1 fully saturated rings. The molecule has 0 radical (unpaired) electrons. The van der Waals surface area contributed by atoms with Gasteiger partial charge in [0.25, 0.3) is 5.56 Å². The third-order valence-corrected chi connectivity index (χ3v) is 6.44. The van der Waals surface area contributed by atoms with Crippen molar-refractivity contribution >= 4 is 5.78 Å². The first-order chi connectivity index (χ1) is 16.8. The summed E-state index contributed by atoms with van der Waals surface area (Å²) in [4.78, 5) is 29.7. The molecule has 2 aromatic rings. The van der Waals surface area contributed by atoms with E-state index in [-0.39, 0.29) is 48.5 Å². The van der Waals surface area contributed by atoms with Crippen LogP contribution in [0.25, 0.3) is 11.3 Å². The van der Waals surface area contributed by atoms with E-state index in [1.807, 2.05) is 0 Å². The van der Waals surface area contributed by atoms with E-state index in [9.17, 15) is 41.0 Å². The van der Waals surface area contributed by atoms with Crippen molar-refractivity contribution in [2.45, 2.75) is 88.7 Å². The molecular weight excluding hydrogens is 490 g/mol. The molecule has 1 N–H and O–H groups in total. The highest BCUT2D eigenvalue weighted by Crippen LogP contribution is 2.32. The Balaban J connectivity index is 1.83. The van der Waals surface area contributed by atoms with Crippen molar-refractivity contribution in [3.05, 3.63) is 52.1 Å². The fraction of sp³-hybridized carbons (Fsp3) is 0.560. The third-order valence-electron chi connectivity index (χ3n) is 6.44. The van der Waals surface area contributed by atoms with Gasteiger partial charge in [-0.2, -0.15) is 26.3 Å². The normalized spacial score (nSPS) is 16.2. The summed E-state index contributed by atoms with van der Waals surface area (Å²) in [5.41, 5.74) is -2.31. The van der Waals surface area contributed by atoms with Gasteiger partial charge in [-0.3, -0.25) is 14.2 Å². The molecule has 5 nitrogen and oxygen atoms in total. The molecule has 3 rings (SSSR count). The number of Topliss-reactive ketones (excluding diaryl/α,β-unsaturated/α-hetero) is 1. The standard InChI is InChI=1S/C25H28F6N2O3/c26-24(27,28)13-4-5-21-32-20(17-6-8-18(9-7-17)25(29,30)31)15-22(35)33(21)16-19(34)10-14-23(36)11-2-1-3-12-23/h6-9,15,36H,1-5,10-14,16H2. The van der Waals surface area contributed by atoms with Crippen LogP contribution >= 0.6 is 0 Å². The first-order valence-electron chi connectivity index (χ1n) is 11.8. The van der Waals surface area contributed by atoms with Crippen LogP contribution in [0.2, 0.25) is 0 Å². The molecule has 1 aliphatic carbocycles. The number of carbonyl (C=O) groups is 1. The highest BCUT2D eigenvalue weighted by molar-refractivity contribution is 5.78. The van der Waals surface area contributed by atoms with Crippen molar-refractivity contribution in [1.82, 2.24) is 9.55 Å². The van der Waals surface area contributed by atoms with Crippen molar-refractivity contribution in [3.63, 3.8) is 0 Å². The van der Waals surface area contributed by atoms with E-state index in [0.717, 1.165) is 54.2 Å². The Labute approximate surface area is 204 Å². The van der Waals surface area contributed by atoms with Gasteiger partial charge in [0.1, 0.15) is 5.82 Å². The van der Waals surface area contributed by atoms with Crippen molar-refractivity contribution in [2.75, 3.05) is 0 Å². The molecule has 0 unspecified atom stereocenters. The number of benzene rings is 1. The molecule has 0 aliphatic heterocycles. The zero-order valence-corrected chi connectivity index (χ0v) is 19.6. The van der Waals surface area contributed by atoms with Gasteiger partial charge < -0.3 is 5.11 Å². The van der Waals surface area contributed by atoms with Gasteiger partial charge in [0.2, 0.25) is 0 Å². The molecule has 1 aliphatic rings. The van der Waals surface area contributed by atoms with Gasteiger partial charge in [0, 0.05) is 30.9 Å². The van der Waals surface area contributed by atoms with Crippen LogP contribution in [0.4, 0.5) is 26.3 Å². The van der Waals surface area contributed by atoms with E-state index in [0.29, 0.717) is 12.8 Å². The number of aromatic nitrogens is 2. The van der Waals surface area contributed by atoms with Gasteiger partial charge >= 0.3 is 12.4 Å². The van der Waals surface area contributed by atoms with E-state index in [4.69, 9.17) is 0 Å². The zero-order chi connectivity index (χ0) is 26.6. The van der Waals surface area contributed by atoms with Crippen molar-refractivity contribution in [2.24, 2.45) is 0 Å². The number of aliphatic hydroxyl groups is 1. The third kappa shape index (κ3) is 7.91. The summed E-state index contributed by atoms with van der Waals surface area (Å²) in [5, 5.41) is 10.6. The number of ketones is 1. The molecule has 11 heteroatoms. The van der Waals surface area contributed by atoms with Crippen LogP contribution in [0, 0.1) is 0 Å². The van der Waals surface area contributed by atoms with Gasteiger partial charge in [0.05, 0.1) is 23.4 Å². The number of hydrogen-bond acceptors (Lipinski definition) is 4. The minimum absolute atomic E-state index is 0.00554. The van der Waals surface area contributed by atoms with Gasteiger partial charge in [0.15, 0.2) is 5.78 Å². The Kier molecular flexibility index (Phi) is 8.63. The molecule has 1 aromatic heterocycles. The van der Waals surface area contributed by atoms with Gasteiger partial charge in [-0.25, -0.2) is 4.98 Å². The smallest absolute Gasteiger partial charge is 0.390 e. The van der Waals surface area contributed by atoms with E-state index in [1.165, 1.54) is 0 Å². The highest BCUT2D eigenvalue weighted by atomic mass is 19.4. The van der Waals surface area contributed by atoms with Crippen LogP contribution in [0.5, 0.6) is 0 Å². The van der Waals surface area contributed by atoms with Crippen LogP contribution in [0.3, 0.4) is 0 Å². The first-order valence-corrected chi connectivity index (χ1v) is 11.8. The second kappa shape index (κ2) is 11.1. The molecule has 0 spiro atoms. The number of carbonyl (C=O) groups excluding carboxylic acids is 1. The molecule has 0 saturated heterocycles. The number of alkyl halides is 6. The number of halogens is 6. The average Bonchev–Trinajstić information content (AvgIpc) is 2.79. The Morgan fingerprint density at radius 1 is 1.03 bits per heavy atom. The lowest BCUT2D eigenvalue weighted by Gasteiger charge is -2.31. The Bertz CT molecular complexity index is 1100. The number of nitrogens with zero attached hydrogens (tertiary/aromatic N) is 2. The van der Waals surface area contributed by atoms with E-state index in [1.54, 1.807) is 0 Å². The Morgan fingerprint density at radius 2 is 1.67 bits per heavy atom. The van der Waals surface area contributed by atoms with Crippen LogP contribution in [0.15, 0.2) is 35.1 Å². The van der Waals surface area contributed by atoms with E-state index < -0.39 is 42.0 Å². The summed E-state index contributed by atoms with van der Waals surface area (Å²) < 4.78 is 77.6.